The van der Waals surface area contributed by atoms with E-state index >= 15 is 0 Å². The molecule has 2 heterocycles. The van der Waals surface area contributed by atoms with E-state index in [2.05, 4.69) is 15.0 Å². The number of rotatable bonds is 3. The molecule has 124 valence electrons. The Hall–Kier alpha value is -2.57. The molecule has 0 radical (unpaired) electrons. The zero-order valence-corrected chi connectivity index (χ0v) is 14.0. The average Bonchev–Trinajstić information content (AvgIpc) is 2.55. The Bertz CT molecular complexity index is 928. The van der Waals surface area contributed by atoms with E-state index < -0.39 is 5.69 Å². The summed E-state index contributed by atoms with van der Waals surface area (Å²) in [6, 6.07) is 8.16. The van der Waals surface area contributed by atoms with Crippen molar-refractivity contribution in [2.24, 2.45) is 0 Å². The number of hydrogen-bond donors (Lipinski definition) is 2. The molecule has 0 bridgehead atoms. The van der Waals surface area contributed by atoms with E-state index in [9.17, 15) is 9.90 Å². The van der Waals surface area contributed by atoms with Gasteiger partial charge >= 0.3 is 5.69 Å². The normalized spacial score (nSPS) is 10.1. The number of hydrogen-bond acceptors (Lipinski definition) is 4. The third-order valence-corrected chi connectivity index (χ3v) is 3.65. The summed E-state index contributed by atoms with van der Waals surface area (Å²) in [6.07, 6.45) is 3.38. The first-order valence-electron chi connectivity index (χ1n) is 6.73. The first-order chi connectivity index (χ1) is 11.1. The van der Waals surface area contributed by atoms with Gasteiger partial charge in [-0.2, -0.15) is 4.98 Å². The predicted molar refractivity (Wildman–Crippen MR) is 85.5 cm³/mol. The van der Waals surface area contributed by atoms with Gasteiger partial charge in [0.25, 0.3) is 0 Å². The van der Waals surface area contributed by atoms with Crippen LogP contribution in [-0.2, 0) is 0 Å². The standard InChI is InChI=1S/C16H12ClN3O3.ClH/c1-23-15-6-9(2-3-14(15)21)12-7-13(20-16(22)19-12)10-8-18-5-4-11(10)17;/h2-8,21H,1H3,(H,19,20,22);1H. The lowest BCUT2D eigenvalue weighted by Gasteiger charge is -2.07. The number of aromatic nitrogens is 3. The number of aromatic hydroxyl groups is 1. The fraction of sp³-hybridized carbons (Fsp3) is 0.0625. The van der Waals surface area contributed by atoms with E-state index in [0.29, 0.717) is 33.3 Å². The van der Waals surface area contributed by atoms with Crippen molar-refractivity contribution in [3.63, 3.8) is 0 Å². The molecule has 0 fully saturated rings. The molecule has 1 aromatic carbocycles. The van der Waals surface area contributed by atoms with Crippen LogP contribution in [0, 0.1) is 0 Å². The Labute approximate surface area is 148 Å². The molecule has 24 heavy (non-hydrogen) atoms. The minimum Gasteiger partial charge on any atom is -1.00 e. The van der Waals surface area contributed by atoms with Crippen LogP contribution in [0.4, 0.5) is 0 Å². The highest BCUT2D eigenvalue weighted by atomic mass is 35.5. The van der Waals surface area contributed by atoms with Gasteiger partial charge in [0.2, 0.25) is 0 Å². The highest BCUT2D eigenvalue weighted by Crippen LogP contribution is 2.32. The summed E-state index contributed by atoms with van der Waals surface area (Å²) < 4.78 is 5.08. The molecule has 0 amide bonds. The van der Waals surface area contributed by atoms with Crippen molar-refractivity contribution in [1.82, 2.24) is 9.97 Å². The first kappa shape index (κ1) is 17.8. The number of aromatic amines is 2. The highest BCUT2D eigenvalue weighted by Gasteiger charge is 2.12. The third kappa shape index (κ3) is 3.50. The summed E-state index contributed by atoms with van der Waals surface area (Å²) in [5, 5.41) is 10.2. The average molecular weight is 366 g/mol. The van der Waals surface area contributed by atoms with E-state index in [1.165, 1.54) is 13.2 Å². The molecule has 0 aliphatic heterocycles. The van der Waals surface area contributed by atoms with Crippen molar-refractivity contribution in [2.75, 3.05) is 7.11 Å². The smallest absolute Gasteiger partial charge is 0.345 e. The summed E-state index contributed by atoms with van der Waals surface area (Å²) >= 11 is 6.16. The van der Waals surface area contributed by atoms with Crippen molar-refractivity contribution in [3.8, 4) is 34.0 Å². The number of halogens is 2. The van der Waals surface area contributed by atoms with Gasteiger partial charge in [-0.15, -0.1) is 0 Å². The molecule has 0 unspecified atom stereocenters. The highest BCUT2D eigenvalue weighted by molar-refractivity contribution is 6.33. The lowest BCUT2D eigenvalue weighted by Crippen LogP contribution is -3.00. The molecule has 2 aromatic heterocycles. The summed E-state index contributed by atoms with van der Waals surface area (Å²) in [6.45, 7) is 0. The van der Waals surface area contributed by atoms with Gasteiger partial charge in [0.15, 0.2) is 23.9 Å². The summed E-state index contributed by atoms with van der Waals surface area (Å²) in [7, 11) is 1.45. The van der Waals surface area contributed by atoms with Gasteiger partial charge in [0, 0.05) is 11.6 Å². The molecular weight excluding hydrogens is 353 g/mol. The molecule has 3 N–H and O–H groups in total. The summed E-state index contributed by atoms with van der Waals surface area (Å²) in [5.41, 5.74) is 1.78. The third-order valence-electron chi connectivity index (χ3n) is 3.32. The minimum atomic E-state index is -0.496. The van der Waals surface area contributed by atoms with Gasteiger partial charge in [-0.05, 0) is 24.3 Å². The van der Waals surface area contributed by atoms with Gasteiger partial charge in [0.1, 0.15) is 0 Å². The van der Waals surface area contributed by atoms with Crippen LogP contribution in [0.3, 0.4) is 0 Å². The number of nitrogens with zero attached hydrogens (tertiary/aromatic N) is 1. The number of nitrogens with one attached hydrogen (secondary N) is 2. The van der Waals surface area contributed by atoms with Gasteiger partial charge in [-0.1, -0.05) is 11.6 Å². The van der Waals surface area contributed by atoms with Gasteiger partial charge in [0.05, 0.1) is 29.1 Å². The van der Waals surface area contributed by atoms with Crippen LogP contribution >= 0.6 is 11.6 Å². The number of phenolic OH excluding ortho intramolecular Hbond substituents is 1. The van der Waals surface area contributed by atoms with E-state index in [0.717, 1.165) is 0 Å². The summed E-state index contributed by atoms with van der Waals surface area (Å²) in [4.78, 5) is 21.4. The molecule has 0 aliphatic rings. The molecular formula is C16H13Cl2N3O3. The fourth-order valence-corrected chi connectivity index (χ4v) is 2.42. The number of ether oxygens (including phenoxy) is 1. The maximum Gasteiger partial charge on any atom is 0.345 e. The van der Waals surface area contributed by atoms with Crippen molar-refractivity contribution < 1.29 is 27.2 Å². The minimum absolute atomic E-state index is 0. The van der Waals surface area contributed by atoms with Crippen LogP contribution in [0.15, 0.2) is 47.5 Å². The lowest BCUT2D eigenvalue weighted by molar-refractivity contribution is -0.377. The second-order valence-corrected chi connectivity index (χ2v) is 5.18. The van der Waals surface area contributed by atoms with Crippen LogP contribution in [0.2, 0.25) is 5.02 Å². The Kier molecular flexibility index (Phi) is 5.43. The van der Waals surface area contributed by atoms with E-state index in [4.69, 9.17) is 16.3 Å². The molecule has 8 heteroatoms. The molecule has 0 atom stereocenters. The van der Waals surface area contributed by atoms with Crippen LogP contribution in [-0.4, -0.2) is 22.2 Å². The zero-order chi connectivity index (χ0) is 16.4. The van der Waals surface area contributed by atoms with Crippen molar-refractivity contribution in [2.45, 2.75) is 0 Å². The predicted octanol–water partition coefficient (Wildman–Crippen LogP) is -0.710. The molecule has 3 rings (SSSR count). The molecule has 3 aromatic rings. The van der Waals surface area contributed by atoms with E-state index in [1.807, 2.05) is 0 Å². The van der Waals surface area contributed by atoms with Crippen LogP contribution in [0.1, 0.15) is 0 Å². The fourth-order valence-electron chi connectivity index (χ4n) is 2.21. The Morgan fingerprint density at radius 2 is 2.08 bits per heavy atom. The zero-order valence-electron chi connectivity index (χ0n) is 12.5. The second kappa shape index (κ2) is 7.33. The largest absolute Gasteiger partial charge is 1.00 e. The number of H-pyrrole nitrogens is 2. The van der Waals surface area contributed by atoms with Crippen molar-refractivity contribution >= 4 is 11.6 Å². The van der Waals surface area contributed by atoms with E-state index in [-0.39, 0.29) is 18.2 Å². The maximum absolute atomic E-state index is 11.9. The Balaban J connectivity index is 0.00000208. The maximum atomic E-state index is 11.9. The Morgan fingerprint density at radius 3 is 2.79 bits per heavy atom. The molecule has 6 nitrogen and oxygen atoms in total. The number of pyridine rings is 1. The van der Waals surface area contributed by atoms with Crippen LogP contribution < -0.4 is 27.8 Å². The quantitative estimate of drug-likeness (QED) is 0.641. The molecule has 0 spiro atoms. The molecule has 0 aliphatic carbocycles. The van der Waals surface area contributed by atoms with Gasteiger partial charge in [-0.3, -0.25) is 0 Å². The van der Waals surface area contributed by atoms with Gasteiger partial charge in [-0.25, -0.2) is 9.78 Å². The SMILES string of the molecule is COc1cc(-c2cc(-c3c[nH+]ccc3Cl)[nH]c(=O)n2)ccc1O.[Cl-]. The molecule has 0 saturated carbocycles. The number of benzene rings is 1. The number of methoxy groups -OCH3 is 1. The van der Waals surface area contributed by atoms with Crippen LogP contribution in [0.5, 0.6) is 11.5 Å². The topological polar surface area (TPSA) is 89.4 Å². The van der Waals surface area contributed by atoms with Crippen LogP contribution in [0.25, 0.3) is 22.5 Å². The lowest BCUT2D eigenvalue weighted by atomic mass is 10.1. The monoisotopic (exact) mass is 365 g/mol. The second-order valence-electron chi connectivity index (χ2n) is 4.78. The first-order valence-corrected chi connectivity index (χ1v) is 7.11. The van der Waals surface area contributed by atoms with Crippen molar-refractivity contribution in [3.05, 3.63) is 58.2 Å². The number of phenols is 1. The summed E-state index contributed by atoms with van der Waals surface area (Å²) in [5.74, 6) is 0.319. The van der Waals surface area contributed by atoms with Crippen molar-refractivity contribution in [1.29, 1.82) is 0 Å². The Morgan fingerprint density at radius 1 is 1.29 bits per heavy atom. The molecule has 0 saturated heterocycles. The van der Waals surface area contributed by atoms with Gasteiger partial charge < -0.3 is 27.2 Å². The van der Waals surface area contributed by atoms with E-state index in [1.54, 1.807) is 36.7 Å².